The van der Waals surface area contributed by atoms with Crippen LogP contribution in [0.3, 0.4) is 0 Å². The molecule has 1 amide bonds. The molecule has 4 nitrogen and oxygen atoms in total. The lowest BCUT2D eigenvalue weighted by atomic mass is 10.1. The number of nitrogens with one attached hydrogen (secondary N) is 1. The van der Waals surface area contributed by atoms with Crippen LogP contribution in [0.2, 0.25) is 5.15 Å². The first-order valence-corrected chi connectivity index (χ1v) is 8.49. The molecule has 1 N–H and O–H groups in total. The maximum Gasteiger partial charge on any atom is 0.244 e. The average molecular weight is 346 g/mol. The highest BCUT2D eigenvalue weighted by atomic mass is 35.5. The Hall–Kier alpha value is -2.07. The molecule has 1 heterocycles. The number of rotatable bonds is 6. The van der Waals surface area contributed by atoms with Gasteiger partial charge in [0.1, 0.15) is 5.15 Å². The first-order valence-electron chi connectivity index (χ1n) is 8.11. The van der Waals surface area contributed by atoms with Crippen molar-refractivity contribution >= 4 is 23.6 Å². The topological polar surface area (TPSA) is 46.9 Å². The summed E-state index contributed by atoms with van der Waals surface area (Å²) in [5, 5.41) is 7.90. The number of carbonyl (C=O) groups excluding carboxylic acids is 1. The predicted molar refractivity (Wildman–Crippen MR) is 98.9 cm³/mol. The molecule has 0 radical (unpaired) electrons. The molecule has 0 atom stereocenters. The number of halogens is 1. The molecular formula is C19H24ClN3O. The third-order valence-electron chi connectivity index (χ3n) is 3.76. The zero-order valence-corrected chi connectivity index (χ0v) is 15.4. The number of hydrogen-bond donors (Lipinski definition) is 1. The highest BCUT2D eigenvalue weighted by Crippen LogP contribution is 2.22. The number of aromatic nitrogens is 2. The number of benzene rings is 1. The number of carbonyl (C=O) groups is 1. The van der Waals surface area contributed by atoms with Crippen LogP contribution in [0, 0.1) is 19.8 Å². The molecule has 0 aliphatic carbocycles. The van der Waals surface area contributed by atoms with Gasteiger partial charge in [-0.05, 0) is 37.0 Å². The Morgan fingerprint density at radius 3 is 2.71 bits per heavy atom. The predicted octanol–water partition coefficient (Wildman–Crippen LogP) is 4.14. The molecule has 0 bridgehead atoms. The molecule has 0 spiro atoms. The zero-order chi connectivity index (χ0) is 17.7. The summed E-state index contributed by atoms with van der Waals surface area (Å²) >= 11 is 6.37. The van der Waals surface area contributed by atoms with Gasteiger partial charge in [0, 0.05) is 24.7 Å². The second-order valence-electron chi connectivity index (χ2n) is 6.34. The molecule has 2 rings (SSSR count). The summed E-state index contributed by atoms with van der Waals surface area (Å²) in [6.07, 6.45) is 3.24. The molecule has 0 unspecified atom stereocenters. The van der Waals surface area contributed by atoms with Crippen molar-refractivity contribution in [3.05, 3.63) is 57.9 Å². The third kappa shape index (κ3) is 4.71. The monoisotopic (exact) mass is 345 g/mol. The minimum atomic E-state index is -0.148. The number of nitrogens with zero attached hydrogens (tertiary/aromatic N) is 2. The van der Waals surface area contributed by atoms with Gasteiger partial charge in [0.05, 0.1) is 5.69 Å². The molecule has 128 valence electrons. The third-order valence-corrected chi connectivity index (χ3v) is 4.16. The van der Waals surface area contributed by atoms with Crippen LogP contribution in [0.4, 0.5) is 0 Å². The van der Waals surface area contributed by atoms with Crippen LogP contribution in [0.5, 0.6) is 0 Å². The van der Waals surface area contributed by atoms with Crippen molar-refractivity contribution in [2.75, 3.05) is 0 Å². The van der Waals surface area contributed by atoms with E-state index in [0.717, 1.165) is 28.9 Å². The van der Waals surface area contributed by atoms with Crippen molar-refractivity contribution in [1.29, 1.82) is 0 Å². The van der Waals surface area contributed by atoms with Crippen molar-refractivity contribution in [3.63, 3.8) is 0 Å². The fourth-order valence-corrected chi connectivity index (χ4v) is 2.74. The summed E-state index contributed by atoms with van der Waals surface area (Å²) < 4.78 is 1.78. The second kappa shape index (κ2) is 8.15. The first-order chi connectivity index (χ1) is 11.4. The van der Waals surface area contributed by atoms with E-state index < -0.39 is 0 Å². The van der Waals surface area contributed by atoms with E-state index in [4.69, 9.17) is 11.6 Å². The number of amides is 1. The van der Waals surface area contributed by atoms with Crippen molar-refractivity contribution in [1.82, 2.24) is 15.1 Å². The van der Waals surface area contributed by atoms with Gasteiger partial charge >= 0.3 is 0 Å². The van der Waals surface area contributed by atoms with Gasteiger partial charge in [-0.1, -0.05) is 49.7 Å². The van der Waals surface area contributed by atoms with E-state index in [1.807, 2.05) is 38.1 Å². The quantitative estimate of drug-likeness (QED) is 0.800. The molecule has 5 heteroatoms. The maximum atomic E-state index is 12.0. The van der Waals surface area contributed by atoms with Crippen molar-refractivity contribution in [2.24, 2.45) is 5.92 Å². The van der Waals surface area contributed by atoms with Crippen molar-refractivity contribution in [3.8, 4) is 0 Å². The molecule has 1 aromatic carbocycles. The van der Waals surface area contributed by atoms with Crippen molar-refractivity contribution in [2.45, 2.75) is 40.8 Å². The van der Waals surface area contributed by atoms with E-state index in [1.165, 1.54) is 6.08 Å². The summed E-state index contributed by atoms with van der Waals surface area (Å²) in [6, 6.07) is 8.00. The van der Waals surface area contributed by atoms with Crippen LogP contribution in [-0.2, 0) is 17.9 Å². The molecule has 24 heavy (non-hydrogen) atoms. The SMILES string of the molecule is Cc1ccccc1CNC(=O)/C=C/c1c(C)nn(CC(C)C)c1Cl. The Kier molecular flexibility index (Phi) is 6.21. The molecule has 0 saturated carbocycles. The van der Waals surface area contributed by atoms with E-state index >= 15 is 0 Å². The number of hydrogen-bond acceptors (Lipinski definition) is 2. The van der Waals surface area contributed by atoms with E-state index in [0.29, 0.717) is 17.6 Å². The van der Waals surface area contributed by atoms with Gasteiger partial charge in [-0.3, -0.25) is 9.48 Å². The van der Waals surface area contributed by atoms with Crippen LogP contribution >= 0.6 is 11.6 Å². The van der Waals surface area contributed by atoms with Crippen LogP contribution in [-0.4, -0.2) is 15.7 Å². The molecule has 0 aliphatic rings. The lowest BCUT2D eigenvalue weighted by Crippen LogP contribution is -2.20. The van der Waals surface area contributed by atoms with E-state index in [9.17, 15) is 4.79 Å². The number of aryl methyl sites for hydroxylation is 2. The van der Waals surface area contributed by atoms with E-state index in [1.54, 1.807) is 10.8 Å². The Morgan fingerprint density at radius 2 is 2.04 bits per heavy atom. The molecule has 0 fully saturated rings. The molecule has 2 aromatic rings. The minimum absolute atomic E-state index is 0.148. The normalized spacial score (nSPS) is 11.4. The van der Waals surface area contributed by atoms with E-state index in [-0.39, 0.29) is 5.91 Å². The van der Waals surface area contributed by atoms with Gasteiger partial charge in [0.2, 0.25) is 5.91 Å². The fourth-order valence-electron chi connectivity index (χ4n) is 2.43. The van der Waals surface area contributed by atoms with Gasteiger partial charge in [0.25, 0.3) is 0 Å². The largest absolute Gasteiger partial charge is 0.348 e. The van der Waals surface area contributed by atoms with E-state index in [2.05, 4.69) is 24.3 Å². The van der Waals surface area contributed by atoms with Gasteiger partial charge in [0.15, 0.2) is 0 Å². The van der Waals surface area contributed by atoms with Gasteiger partial charge in [-0.2, -0.15) is 5.10 Å². The lowest BCUT2D eigenvalue weighted by Gasteiger charge is -2.06. The summed E-state index contributed by atoms with van der Waals surface area (Å²) in [5.41, 5.74) is 3.89. The Balaban J connectivity index is 2.01. The van der Waals surface area contributed by atoms with Crippen LogP contribution in [0.1, 0.15) is 36.2 Å². The zero-order valence-electron chi connectivity index (χ0n) is 14.6. The summed E-state index contributed by atoms with van der Waals surface area (Å²) in [6.45, 7) is 9.42. The first kappa shape index (κ1) is 18.3. The Bertz CT molecular complexity index is 747. The summed E-state index contributed by atoms with van der Waals surface area (Å²) in [7, 11) is 0. The van der Waals surface area contributed by atoms with Gasteiger partial charge in [-0.25, -0.2) is 0 Å². The van der Waals surface area contributed by atoms with Crippen molar-refractivity contribution < 1.29 is 4.79 Å². The standard InChI is InChI=1S/C19H24ClN3O/c1-13(2)12-23-19(20)17(15(4)22-23)9-10-18(24)21-11-16-8-6-5-7-14(16)3/h5-10,13H,11-12H2,1-4H3,(H,21,24)/b10-9+. The Labute approximate surface area is 148 Å². The summed E-state index contributed by atoms with van der Waals surface area (Å²) in [5.74, 6) is 0.307. The molecule has 1 aromatic heterocycles. The lowest BCUT2D eigenvalue weighted by molar-refractivity contribution is -0.116. The Morgan fingerprint density at radius 1 is 1.33 bits per heavy atom. The maximum absolute atomic E-state index is 12.0. The van der Waals surface area contributed by atoms with Crippen LogP contribution in [0.25, 0.3) is 6.08 Å². The smallest absolute Gasteiger partial charge is 0.244 e. The molecular weight excluding hydrogens is 322 g/mol. The van der Waals surface area contributed by atoms with Gasteiger partial charge in [-0.15, -0.1) is 0 Å². The molecule has 0 saturated heterocycles. The van der Waals surface area contributed by atoms with Crippen LogP contribution < -0.4 is 5.32 Å². The minimum Gasteiger partial charge on any atom is -0.348 e. The molecule has 0 aliphatic heterocycles. The highest BCUT2D eigenvalue weighted by molar-refractivity contribution is 6.31. The second-order valence-corrected chi connectivity index (χ2v) is 6.70. The summed E-state index contributed by atoms with van der Waals surface area (Å²) in [4.78, 5) is 12.0. The van der Waals surface area contributed by atoms with Crippen LogP contribution in [0.15, 0.2) is 30.3 Å². The highest BCUT2D eigenvalue weighted by Gasteiger charge is 2.12. The van der Waals surface area contributed by atoms with Gasteiger partial charge < -0.3 is 5.32 Å². The fraction of sp³-hybridized carbons (Fsp3) is 0.368. The average Bonchev–Trinajstić information content (AvgIpc) is 2.78.